The Labute approximate surface area is 180 Å². The van der Waals surface area contributed by atoms with E-state index in [1.54, 1.807) is 18.2 Å². The van der Waals surface area contributed by atoms with Crippen molar-refractivity contribution in [2.75, 3.05) is 5.32 Å². The average molecular weight is 420 g/mol. The first-order valence-corrected chi connectivity index (χ1v) is 10.0. The highest BCUT2D eigenvalue weighted by Gasteiger charge is 2.12. The molecular formula is C24H22ClN3O2. The van der Waals surface area contributed by atoms with Crippen LogP contribution in [0.25, 0.3) is 5.65 Å². The summed E-state index contributed by atoms with van der Waals surface area (Å²) in [4.78, 5) is 17.3. The van der Waals surface area contributed by atoms with Gasteiger partial charge in [-0.05, 0) is 67.8 Å². The third-order valence-corrected chi connectivity index (χ3v) is 5.10. The van der Waals surface area contributed by atoms with E-state index in [4.69, 9.17) is 16.3 Å². The van der Waals surface area contributed by atoms with E-state index in [9.17, 15) is 4.79 Å². The zero-order valence-corrected chi connectivity index (χ0v) is 17.8. The van der Waals surface area contributed by atoms with Crippen molar-refractivity contribution in [2.24, 2.45) is 0 Å². The summed E-state index contributed by atoms with van der Waals surface area (Å²) < 4.78 is 7.85. The third kappa shape index (κ3) is 4.31. The monoisotopic (exact) mass is 419 g/mol. The number of benzene rings is 2. The summed E-state index contributed by atoms with van der Waals surface area (Å²) in [7, 11) is 0. The van der Waals surface area contributed by atoms with E-state index < -0.39 is 0 Å². The highest BCUT2D eigenvalue weighted by atomic mass is 35.5. The number of imidazole rings is 1. The van der Waals surface area contributed by atoms with Crippen LogP contribution in [0, 0.1) is 20.8 Å². The Balaban J connectivity index is 1.47. The maximum Gasteiger partial charge on any atom is 0.255 e. The number of hydrogen-bond donors (Lipinski definition) is 1. The Hall–Kier alpha value is -3.31. The van der Waals surface area contributed by atoms with Crippen molar-refractivity contribution in [2.45, 2.75) is 27.4 Å². The first-order chi connectivity index (χ1) is 14.4. The fourth-order valence-corrected chi connectivity index (χ4v) is 3.74. The number of halogens is 1. The zero-order chi connectivity index (χ0) is 21.3. The number of carbonyl (C=O) groups is 1. The lowest BCUT2D eigenvalue weighted by atomic mass is 10.1. The van der Waals surface area contributed by atoms with Gasteiger partial charge in [-0.1, -0.05) is 29.8 Å². The summed E-state index contributed by atoms with van der Waals surface area (Å²) in [5.74, 6) is 0.361. The Morgan fingerprint density at radius 1 is 1.07 bits per heavy atom. The van der Waals surface area contributed by atoms with Crippen molar-refractivity contribution < 1.29 is 9.53 Å². The van der Waals surface area contributed by atoms with Gasteiger partial charge in [0.2, 0.25) is 0 Å². The first-order valence-electron chi connectivity index (χ1n) is 9.64. The van der Waals surface area contributed by atoms with Gasteiger partial charge in [-0.25, -0.2) is 4.98 Å². The molecule has 0 aliphatic carbocycles. The minimum atomic E-state index is -0.238. The van der Waals surface area contributed by atoms with E-state index in [1.807, 2.05) is 67.9 Å². The molecule has 0 saturated heterocycles. The topological polar surface area (TPSA) is 55.6 Å². The molecule has 0 atom stereocenters. The lowest BCUT2D eigenvalue weighted by Crippen LogP contribution is -2.13. The number of nitrogens with one attached hydrogen (secondary N) is 1. The summed E-state index contributed by atoms with van der Waals surface area (Å²) >= 11 is 6.31. The van der Waals surface area contributed by atoms with Gasteiger partial charge in [0, 0.05) is 18.0 Å². The molecule has 1 amide bonds. The van der Waals surface area contributed by atoms with Crippen LogP contribution >= 0.6 is 11.6 Å². The molecule has 0 spiro atoms. The normalized spacial score (nSPS) is 10.9. The van der Waals surface area contributed by atoms with Crippen LogP contribution in [-0.2, 0) is 6.61 Å². The first kappa shape index (κ1) is 20.0. The Bertz CT molecular complexity index is 1220. The number of anilines is 1. The number of hydrogen-bond acceptors (Lipinski definition) is 3. The summed E-state index contributed by atoms with van der Waals surface area (Å²) in [6.07, 6.45) is 3.97. The smallest absolute Gasteiger partial charge is 0.255 e. The van der Waals surface area contributed by atoms with Crippen LogP contribution in [0.2, 0.25) is 5.02 Å². The SMILES string of the molecule is Cc1cc(C)c(NC(=O)c2cccc(OCc3cn4cc(C)ccc4n3)c2)c(Cl)c1. The molecule has 2 heterocycles. The van der Waals surface area contributed by atoms with E-state index in [0.717, 1.165) is 28.0 Å². The van der Waals surface area contributed by atoms with E-state index >= 15 is 0 Å². The second-order valence-electron chi connectivity index (χ2n) is 7.41. The molecule has 2 aromatic heterocycles. The number of amides is 1. The number of pyridine rings is 1. The van der Waals surface area contributed by atoms with Crippen molar-refractivity contribution in [3.8, 4) is 5.75 Å². The highest BCUT2D eigenvalue weighted by molar-refractivity contribution is 6.34. The number of fused-ring (bicyclic) bond motifs is 1. The van der Waals surface area contributed by atoms with E-state index in [-0.39, 0.29) is 5.91 Å². The number of ether oxygens (including phenoxy) is 1. The Morgan fingerprint density at radius 2 is 1.90 bits per heavy atom. The largest absolute Gasteiger partial charge is 0.487 e. The van der Waals surface area contributed by atoms with Gasteiger partial charge >= 0.3 is 0 Å². The van der Waals surface area contributed by atoms with Crippen LogP contribution in [0.3, 0.4) is 0 Å². The van der Waals surface area contributed by atoms with Crippen LogP contribution in [0.15, 0.2) is 60.9 Å². The fourth-order valence-electron chi connectivity index (χ4n) is 3.37. The van der Waals surface area contributed by atoms with Crippen LogP contribution in [0.5, 0.6) is 5.75 Å². The number of aromatic nitrogens is 2. The van der Waals surface area contributed by atoms with Crippen LogP contribution < -0.4 is 10.1 Å². The maximum atomic E-state index is 12.7. The van der Waals surface area contributed by atoms with Gasteiger partial charge in [0.25, 0.3) is 5.91 Å². The molecule has 1 N–H and O–H groups in total. The number of carbonyl (C=O) groups excluding carboxylic acids is 1. The number of rotatable bonds is 5. The van der Waals surface area contributed by atoms with Gasteiger partial charge in [0.15, 0.2) is 0 Å². The summed E-state index contributed by atoms with van der Waals surface area (Å²) in [5, 5.41) is 3.43. The molecule has 0 unspecified atom stereocenters. The maximum absolute atomic E-state index is 12.7. The van der Waals surface area contributed by atoms with Crippen molar-refractivity contribution in [3.05, 3.63) is 93.9 Å². The van der Waals surface area contributed by atoms with Crippen LogP contribution in [-0.4, -0.2) is 15.3 Å². The minimum absolute atomic E-state index is 0.238. The predicted octanol–water partition coefficient (Wildman–Crippen LogP) is 5.74. The van der Waals surface area contributed by atoms with E-state index in [2.05, 4.69) is 10.3 Å². The lowest BCUT2D eigenvalue weighted by Gasteiger charge is -2.12. The number of aryl methyl sites for hydroxylation is 3. The third-order valence-electron chi connectivity index (χ3n) is 4.80. The molecule has 30 heavy (non-hydrogen) atoms. The predicted molar refractivity (Wildman–Crippen MR) is 120 cm³/mol. The van der Waals surface area contributed by atoms with Crippen molar-refractivity contribution >= 4 is 28.8 Å². The van der Waals surface area contributed by atoms with Crippen LogP contribution in [0.4, 0.5) is 5.69 Å². The summed E-state index contributed by atoms with van der Waals surface area (Å²) in [5.41, 5.74) is 5.94. The standard InChI is InChI=1S/C24H22ClN3O2/c1-15-7-8-22-26-19(13-28(22)12-15)14-30-20-6-4-5-18(11-20)24(29)27-23-17(3)9-16(2)10-21(23)25/h4-13H,14H2,1-3H3,(H,27,29). The molecule has 0 aliphatic rings. The molecule has 0 fully saturated rings. The second kappa shape index (κ2) is 8.20. The molecule has 152 valence electrons. The molecular weight excluding hydrogens is 398 g/mol. The highest BCUT2D eigenvalue weighted by Crippen LogP contribution is 2.28. The molecule has 0 aliphatic heterocycles. The van der Waals surface area contributed by atoms with Crippen molar-refractivity contribution in [1.82, 2.24) is 9.38 Å². The van der Waals surface area contributed by atoms with Crippen molar-refractivity contribution in [3.63, 3.8) is 0 Å². The van der Waals surface area contributed by atoms with Gasteiger partial charge in [0.05, 0.1) is 16.4 Å². The van der Waals surface area contributed by atoms with Gasteiger partial charge in [-0.3, -0.25) is 4.79 Å². The van der Waals surface area contributed by atoms with E-state index in [0.29, 0.717) is 28.6 Å². The lowest BCUT2D eigenvalue weighted by molar-refractivity contribution is 0.102. The average Bonchev–Trinajstić information content (AvgIpc) is 3.11. The molecule has 4 aromatic rings. The molecule has 0 saturated carbocycles. The zero-order valence-electron chi connectivity index (χ0n) is 17.1. The minimum Gasteiger partial charge on any atom is -0.487 e. The second-order valence-corrected chi connectivity index (χ2v) is 7.82. The summed E-state index contributed by atoms with van der Waals surface area (Å²) in [6, 6.07) is 14.9. The Morgan fingerprint density at radius 3 is 2.70 bits per heavy atom. The molecule has 5 nitrogen and oxygen atoms in total. The molecule has 4 rings (SSSR count). The Kier molecular flexibility index (Phi) is 5.46. The molecule has 0 radical (unpaired) electrons. The van der Waals surface area contributed by atoms with Gasteiger partial charge in [-0.2, -0.15) is 0 Å². The number of nitrogens with zero attached hydrogens (tertiary/aromatic N) is 2. The van der Waals surface area contributed by atoms with Crippen molar-refractivity contribution in [1.29, 1.82) is 0 Å². The van der Waals surface area contributed by atoms with Crippen LogP contribution in [0.1, 0.15) is 32.7 Å². The fraction of sp³-hybridized carbons (Fsp3) is 0.167. The summed E-state index contributed by atoms with van der Waals surface area (Å²) in [6.45, 7) is 6.24. The quantitative estimate of drug-likeness (QED) is 0.448. The van der Waals surface area contributed by atoms with Gasteiger partial charge in [0.1, 0.15) is 18.0 Å². The van der Waals surface area contributed by atoms with E-state index in [1.165, 1.54) is 0 Å². The molecule has 2 aromatic carbocycles. The molecule has 6 heteroatoms. The van der Waals surface area contributed by atoms with Gasteiger partial charge < -0.3 is 14.5 Å². The van der Waals surface area contributed by atoms with Gasteiger partial charge in [-0.15, -0.1) is 0 Å². The molecule has 0 bridgehead atoms.